The van der Waals surface area contributed by atoms with Crippen molar-refractivity contribution in [2.75, 3.05) is 33.2 Å². The minimum absolute atomic E-state index is 0.0330. The average Bonchev–Trinajstić information content (AvgIpc) is 2.86. The standard InChI is InChI=1S/C13H21N3O4/c1-3-13(11(18)19)5-4-6-16(13)12(20)15-8-7-14(2)10(17)9-15/h3-9H2,1-2H3,(H,18,19). The van der Waals surface area contributed by atoms with Gasteiger partial charge in [-0.15, -0.1) is 0 Å². The topological polar surface area (TPSA) is 81.2 Å². The van der Waals surface area contributed by atoms with Crippen LogP contribution < -0.4 is 0 Å². The van der Waals surface area contributed by atoms with Crippen LogP contribution in [0.1, 0.15) is 26.2 Å². The van der Waals surface area contributed by atoms with Crippen LogP contribution in [0.2, 0.25) is 0 Å². The van der Waals surface area contributed by atoms with Crippen molar-refractivity contribution in [3.63, 3.8) is 0 Å². The molecule has 1 N–H and O–H groups in total. The molecule has 0 aromatic rings. The van der Waals surface area contributed by atoms with Crippen LogP contribution in [0.3, 0.4) is 0 Å². The Bertz CT molecular complexity index is 439. The van der Waals surface area contributed by atoms with Crippen molar-refractivity contribution in [1.29, 1.82) is 0 Å². The number of likely N-dealkylation sites (N-methyl/N-ethyl adjacent to an activating group) is 1. The molecule has 0 aliphatic carbocycles. The summed E-state index contributed by atoms with van der Waals surface area (Å²) in [6.07, 6.45) is 1.55. The van der Waals surface area contributed by atoms with Crippen molar-refractivity contribution in [3.05, 3.63) is 0 Å². The number of carbonyl (C=O) groups excluding carboxylic acids is 2. The van der Waals surface area contributed by atoms with E-state index in [1.54, 1.807) is 18.9 Å². The van der Waals surface area contributed by atoms with E-state index in [1.807, 2.05) is 0 Å². The quantitative estimate of drug-likeness (QED) is 0.785. The Hall–Kier alpha value is -1.79. The molecule has 2 aliphatic rings. The number of hydrogen-bond acceptors (Lipinski definition) is 3. The molecule has 1 unspecified atom stereocenters. The first-order valence-electron chi connectivity index (χ1n) is 6.96. The number of rotatable bonds is 2. The van der Waals surface area contributed by atoms with Gasteiger partial charge in [-0.3, -0.25) is 4.79 Å². The summed E-state index contributed by atoms with van der Waals surface area (Å²) >= 11 is 0. The first-order valence-corrected chi connectivity index (χ1v) is 6.96. The summed E-state index contributed by atoms with van der Waals surface area (Å²) in [6.45, 7) is 3.21. The molecule has 2 fully saturated rings. The van der Waals surface area contributed by atoms with Gasteiger partial charge in [0, 0.05) is 26.7 Å². The number of amides is 3. The molecule has 112 valence electrons. The van der Waals surface area contributed by atoms with Gasteiger partial charge in [-0.2, -0.15) is 0 Å². The normalized spacial score (nSPS) is 27.1. The Morgan fingerprint density at radius 3 is 2.55 bits per heavy atom. The molecule has 3 amide bonds. The molecule has 2 saturated heterocycles. The van der Waals surface area contributed by atoms with Crippen LogP contribution in [0.15, 0.2) is 0 Å². The van der Waals surface area contributed by atoms with Crippen LogP contribution >= 0.6 is 0 Å². The van der Waals surface area contributed by atoms with E-state index < -0.39 is 11.5 Å². The number of likely N-dealkylation sites (tertiary alicyclic amines) is 1. The molecule has 0 saturated carbocycles. The van der Waals surface area contributed by atoms with E-state index in [4.69, 9.17) is 0 Å². The van der Waals surface area contributed by atoms with Crippen LogP contribution in [-0.4, -0.2) is 76.5 Å². The van der Waals surface area contributed by atoms with Crippen LogP contribution in [0.25, 0.3) is 0 Å². The molecule has 1 atom stereocenters. The van der Waals surface area contributed by atoms with Crippen molar-refractivity contribution >= 4 is 17.9 Å². The molecular weight excluding hydrogens is 262 g/mol. The Kier molecular flexibility index (Phi) is 3.87. The second-order valence-corrected chi connectivity index (χ2v) is 5.46. The lowest BCUT2D eigenvalue weighted by Gasteiger charge is -2.39. The maximum absolute atomic E-state index is 12.5. The number of carbonyl (C=O) groups is 3. The van der Waals surface area contributed by atoms with Crippen LogP contribution in [0.5, 0.6) is 0 Å². The van der Waals surface area contributed by atoms with Gasteiger partial charge in [-0.05, 0) is 19.3 Å². The van der Waals surface area contributed by atoms with Crippen LogP contribution in [0.4, 0.5) is 4.79 Å². The third-order valence-electron chi connectivity index (χ3n) is 4.43. The number of carboxylic acid groups (broad SMARTS) is 1. The Balaban J connectivity index is 2.16. The molecule has 0 aromatic heterocycles. The van der Waals surface area contributed by atoms with Gasteiger partial charge in [-0.25, -0.2) is 9.59 Å². The maximum Gasteiger partial charge on any atom is 0.329 e. The Morgan fingerprint density at radius 2 is 2.00 bits per heavy atom. The highest BCUT2D eigenvalue weighted by molar-refractivity contribution is 5.90. The first kappa shape index (κ1) is 14.6. The van der Waals surface area contributed by atoms with E-state index in [2.05, 4.69) is 0 Å². The van der Waals surface area contributed by atoms with Gasteiger partial charge in [-0.1, -0.05) is 6.92 Å². The molecule has 2 aliphatic heterocycles. The molecular formula is C13H21N3O4. The highest BCUT2D eigenvalue weighted by Crippen LogP contribution is 2.33. The Labute approximate surface area is 118 Å². The monoisotopic (exact) mass is 283 g/mol. The zero-order valence-electron chi connectivity index (χ0n) is 12.0. The lowest BCUT2D eigenvalue weighted by molar-refractivity contribution is -0.148. The predicted molar refractivity (Wildman–Crippen MR) is 71.2 cm³/mol. The zero-order chi connectivity index (χ0) is 14.9. The summed E-state index contributed by atoms with van der Waals surface area (Å²) in [5, 5.41) is 9.49. The smallest absolute Gasteiger partial charge is 0.329 e. The number of aliphatic carboxylic acids is 1. The van der Waals surface area contributed by atoms with Crippen molar-refractivity contribution in [2.45, 2.75) is 31.7 Å². The number of carboxylic acids is 1. The van der Waals surface area contributed by atoms with E-state index in [-0.39, 0.29) is 18.5 Å². The highest BCUT2D eigenvalue weighted by atomic mass is 16.4. The van der Waals surface area contributed by atoms with Crippen molar-refractivity contribution in [3.8, 4) is 0 Å². The van der Waals surface area contributed by atoms with Gasteiger partial charge in [0.2, 0.25) is 5.91 Å². The lowest BCUT2D eigenvalue weighted by Crippen LogP contribution is -2.60. The summed E-state index contributed by atoms with van der Waals surface area (Å²) in [5.41, 5.74) is -1.11. The van der Waals surface area contributed by atoms with Gasteiger partial charge in [0.15, 0.2) is 0 Å². The van der Waals surface area contributed by atoms with Gasteiger partial charge >= 0.3 is 12.0 Å². The third-order valence-corrected chi connectivity index (χ3v) is 4.43. The summed E-state index contributed by atoms with van der Waals surface area (Å²) in [7, 11) is 1.70. The van der Waals surface area contributed by atoms with E-state index in [0.717, 1.165) is 0 Å². The van der Waals surface area contributed by atoms with E-state index in [1.165, 1.54) is 9.80 Å². The molecule has 0 radical (unpaired) electrons. The summed E-state index contributed by atoms with van der Waals surface area (Å²) < 4.78 is 0. The van der Waals surface area contributed by atoms with Crippen molar-refractivity contribution in [2.24, 2.45) is 0 Å². The lowest BCUT2D eigenvalue weighted by atomic mass is 9.93. The van der Waals surface area contributed by atoms with Gasteiger partial charge in [0.05, 0.1) is 0 Å². The number of urea groups is 1. The zero-order valence-corrected chi connectivity index (χ0v) is 12.0. The number of hydrogen-bond donors (Lipinski definition) is 1. The fourth-order valence-corrected chi connectivity index (χ4v) is 2.99. The van der Waals surface area contributed by atoms with Crippen LogP contribution in [0, 0.1) is 0 Å². The maximum atomic E-state index is 12.5. The minimum Gasteiger partial charge on any atom is -0.479 e. The predicted octanol–water partition coefficient (Wildman–Crippen LogP) is 0.210. The largest absolute Gasteiger partial charge is 0.479 e. The summed E-state index contributed by atoms with van der Waals surface area (Å²) in [5.74, 6) is -1.06. The molecule has 7 nitrogen and oxygen atoms in total. The average molecular weight is 283 g/mol. The summed E-state index contributed by atoms with van der Waals surface area (Å²) in [4.78, 5) is 40.3. The first-order chi connectivity index (χ1) is 9.42. The summed E-state index contributed by atoms with van der Waals surface area (Å²) in [6, 6.07) is -0.326. The minimum atomic E-state index is -1.11. The van der Waals surface area contributed by atoms with Crippen molar-refractivity contribution < 1.29 is 19.5 Å². The molecule has 0 spiro atoms. The Morgan fingerprint density at radius 1 is 1.30 bits per heavy atom. The van der Waals surface area contributed by atoms with Gasteiger partial charge < -0.3 is 19.8 Å². The fourth-order valence-electron chi connectivity index (χ4n) is 2.99. The number of piperazine rings is 1. The second-order valence-electron chi connectivity index (χ2n) is 5.46. The molecule has 2 heterocycles. The molecule has 0 aromatic carbocycles. The van der Waals surface area contributed by atoms with E-state index >= 15 is 0 Å². The van der Waals surface area contributed by atoms with Gasteiger partial charge in [0.25, 0.3) is 0 Å². The van der Waals surface area contributed by atoms with E-state index in [9.17, 15) is 19.5 Å². The molecule has 2 rings (SSSR count). The molecule has 7 heteroatoms. The van der Waals surface area contributed by atoms with Crippen LogP contribution in [-0.2, 0) is 9.59 Å². The molecule has 20 heavy (non-hydrogen) atoms. The fraction of sp³-hybridized carbons (Fsp3) is 0.769. The van der Waals surface area contributed by atoms with Crippen molar-refractivity contribution in [1.82, 2.24) is 14.7 Å². The highest BCUT2D eigenvalue weighted by Gasteiger charge is 2.50. The SMILES string of the molecule is CCC1(C(=O)O)CCCN1C(=O)N1CCN(C)C(=O)C1. The second kappa shape index (κ2) is 5.30. The third kappa shape index (κ3) is 2.21. The molecule has 0 bridgehead atoms. The number of nitrogens with zero attached hydrogens (tertiary/aromatic N) is 3. The van der Waals surface area contributed by atoms with E-state index in [0.29, 0.717) is 38.9 Å². The van der Waals surface area contributed by atoms with Gasteiger partial charge in [0.1, 0.15) is 12.1 Å².